The highest BCUT2D eigenvalue weighted by Gasteiger charge is 2.15. The molecule has 2 rings (SSSR count). The summed E-state index contributed by atoms with van der Waals surface area (Å²) in [6.45, 7) is 4.64. The van der Waals surface area contributed by atoms with E-state index in [1.807, 2.05) is 32.0 Å². The number of nitrogens with one attached hydrogen (secondary N) is 2. The van der Waals surface area contributed by atoms with E-state index >= 15 is 0 Å². The van der Waals surface area contributed by atoms with Gasteiger partial charge in [-0.3, -0.25) is 9.78 Å². The number of carbonyl (C=O) groups excluding carboxylic acids is 1. The second kappa shape index (κ2) is 7.09. The van der Waals surface area contributed by atoms with Crippen molar-refractivity contribution >= 4 is 23.2 Å². The van der Waals surface area contributed by atoms with Gasteiger partial charge in [-0.05, 0) is 43.7 Å². The summed E-state index contributed by atoms with van der Waals surface area (Å²) in [5, 5.41) is 6.66. The molecule has 110 valence electrons. The molecule has 0 radical (unpaired) electrons. The Morgan fingerprint density at radius 3 is 2.86 bits per heavy atom. The van der Waals surface area contributed by atoms with E-state index in [2.05, 4.69) is 15.6 Å². The van der Waals surface area contributed by atoms with Crippen LogP contribution in [0.15, 0.2) is 42.7 Å². The number of nitrogens with zero attached hydrogens (tertiary/aromatic N) is 1. The monoisotopic (exact) mass is 303 g/mol. The van der Waals surface area contributed by atoms with Crippen LogP contribution in [0, 0.1) is 0 Å². The predicted molar refractivity (Wildman–Crippen MR) is 85.7 cm³/mol. The van der Waals surface area contributed by atoms with Gasteiger partial charge >= 0.3 is 0 Å². The molecule has 2 aromatic rings. The van der Waals surface area contributed by atoms with Gasteiger partial charge in [0, 0.05) is 29.6 Å². The van der Waals surface area contributed by atoms with Gasteiger partial charge in [0.15, 0.2) is 0 Å². The lowest BCUT2D eigenvalue weighted by Crippen LogP contribution is -2.27. The van der Waals surface area contributed by atoms with Gasteiger partial charge in [-0.2, -0.15) is 0 Å². The molecule has 0 aliphatic heterocycles. The van der Waals surface area contributed by atoms with Crippen LogP contribution in [0.4, 0.5) is 5.69 Å². The van der Waals surface area contributed by atoms with Gasteiger partial charge in [-0.15, -0.1) is 0 Å². The van der Waals surface area contributed by atoms with E-state index in [-0.39, 0.29) is 11.9 Å². The lowest BCUT2D eigenvalue weighted by Gasteiger charge is -2.16. The molecule has 21 heavy (non-hydrogen) atoms. The minimum Gasteiger partial charge on any atom is -0.385 e. The summed E-state index contributed by atoms with van der Waals surface area (Å²) >= 11 is 6.00. The number of aromatic nitrogens is 1. The minimum atomic E-state index is -0.162. The third-order valence-electron chi connectivity index (χ3n) is 3.13. The van der Waals surface area contributed by atoms with E-state index in [9.17, 15) is 4.79 Å². The van der Waals surface area contributed by atoms with Crippen LogP contribution in [0.2, 0.25) is 5.02 Å². The van der Waals surface area contributed by atoms with Crippen molar-refractivity contribution in [2.24, 2.45) is 0 Å². The number of halogens is 1. The topological polar surface area (TPSA) is 54.0 Å². The number of rotatable bonds is 5. The number of benzene rings is 1. The van der Waals surface area contributed by atoms with Crippen molar-refractivity contribution in [1.29, 1.82) is 0 Å². The van der Waals surface area contributed by atoms with E-state index in [4.69, 9.17) is 11.6 Å². The lowest BCUT2D eigenvalue weighted by atomic mass is 10.1. The smallest absolute Gasteiger partial charge is 0.253 e. The van der Waals surface area contributed by atoms with Crippen LogP contribution in [-0.4, -0.2) is 17.4 Å². The number of carbonyl (C=O) groups is 1. The zero-order valence-corrected chi connectivity index (χ0v) is 12.8. The Hall–Kier alpha value is -2.07. The SMILES string of the molecule is CCNc1ccc(Cl)cc1C(=O)NC(C)c1cccnc1. The van der Waals surface area contributed by atoms with Gasteiger partial charge in [-0.25, -0.2) is 0 Å². The Morgan fingerprint density at radius 1 is 1.38 bits per heavy atom. The van der Waals surface area contributed by atoms with Crippen molar-refractivity contribution in [3.63, 3.8) is 0 Å². The average Bonchev–Trinajstić information content (AvgIpc) is 2.50. The fourth-order valence-corrected chi connectivity index (χ4v) is 2.21. The number of anilines is 1. The van der Waals surface area contributed by atoms with Gasteiger partial charge in [0.05, 0.1) is 11.6 Å². The minimum absolute atomic E-state index is 0.125. The molecule has 2 N–H and O–H groups in total. The Balaban J connectivity index is 2.18. The first-order valence-electron chi connectivity index (χ1n) is 6.86. The van der Waals surface area contributed by atoms with E-state index in [0.717, 1.165) is 17.8 Å². The second-order valence-electron chi connectivity index (χ2n) is 4.70. The molecule has 1 heterocycles. The largest absolute Gasteiger partial charge is 0.385 e. The lowest BCUT2D eigenvalue weighted by molar-refractivity contribution is 0.0940. The van der Waals surface area contributed by atoms with Gasteiger partial charge in [0.25, 0.3) is 5.91 Å². The van der Waals surface area contributed by atoms with Gasteiger partial charge in [0.2, 0.25) is 0 Å². The molecule has 5 heteroatoms. The average molecular weight is 304 g/mol. The van der Waals surface area contributed by atoms with Crippen molar-refractivity contribution in [2.75, 3.05) is 11.9 Å². The van der Waals surface area contributed by atoms with E-state index in [1.54, 1.807) is 24.5 Å². The summed E-state index contributed by atoms with van der Waals surface area (Å²) < 4.78 is 0. The van der Waals surface area contributed by atoms with Crippen molar-refractivity contribution in [2.45, 2.75) is 19.9 Å². The van der Waals surface area contributed by atoms with E-state index in [0.29, 0.717) is 10.6 Å². The normalized spacial score (nSPS) is 11.8. The van der Waals surface area contributed by atoms with Crippen molar-refractivity contribution in [1.82, 2.24) is 10.3 Å². The molecule has 4 nitrogen and oxygen atoms in total. The van der Waals surface area contributed by atoms with Crippen LogP contribution in [0.3, 0.4) is 0 Å². The molecule has 0 saturated heterocycles. The highest BCUT2D eigenvalue weighted by Crippen LogP contribution is 2.21. The molecule has 1 unspecified atom stereocenters. The van der Waals surface area contributed by atoms with Crippen molar-refractivity contribution in [3.8, 4) is 0 Å². The molecular weight excluding hydrogens is 286 g/mol. The predicted octanol–water partition coefficient (Wildman–Crippen LogP) is 3.66. The standard InChI is InChI=1S/C16H18ClN3O/c1-3-19-15-7-6-13(17)9-14(15)16(21)20-11(2)12-5-4-8-18-10-12/h4-11,19H,3H2,1-2H3,(H,20,21). The first-order chi connectivity index (χ1) is 10.1. The molecule has 0 aliphatic rings. The number of pyridine rings is 1. The molecule has 0 spiro atoms. The number of hydrogen-bond donors (Lipinski definition) is 2. The molecule has 1 aromatic heterocycles. The maximum Gasteiger partial charge on any atom is 0.253 e. The highest BCUT2D eigenvalue weighted by molar-refractivity contribution is 6.31. The van der Waals surface area contributed by atoms with Gasteiger partial charge < -0.3 is 10.6 Å². The third kappa shape index (κ3) is 3.95. The van der Waals surface area contributed by atoms with Crippen LogP contribution >= 0.6 is 11.6 Å². The molecule has 1 amide bonds. The number of hydrogen-bond acceptors (Lipinski definition) is 3. The second-order valence-corrected chi connectivity index (χ2v) is 5.14. The van der Waals surface area contributed by atoms with Crippen LogP contribution in [0.5, 0.6) is 0 Å². The summed E-state index contributed by atoms with van der Waals surface area (Å²) in [6.07, 6.45) is 3.45. The third-order valence-corrected chi connectivity index (χ3v) is 3.36. The van der Waals surface area contributed by atoms with Crippen LogP contribution in [0.1, 0.15) is 35.8 Å². The summed E-state index contributed by atoms with van der Waals surface area (Å²) in [4.78, 5) is 16.5. The quantitative estimate of drug-likeness (QED) is 0.886. The zero-order valence-electron chi connectivity index (χ0n) is 12.1. The van der Waals surface area contributed by atoms with Gasteiger partial charge in [0.1, 0.15) is 0 Å². The molecule has 0 bridgehead atoms. The number of amides is 1. The summed E-state index contributed by atoms with van der Waals surface area (Å²) in [6, 6.07) is 8.91. The van der Waals surface area contributed by atoms with Crippen LogP contribution < -0.4 is 10.6 Å². The Bertz CT molecular complexity index is 616. The molecule has 1 atom stereocenters. The van der Waals surface area contributed by atoms with Crippen molar-refractivity contribution < 1.29 is 4.79 Å². The molecular formula is C16H18ClN3O. The Kier molecular flexibility index (Phi) is 5.17. The fraction of sp³-hybridized carbons (Fsp3) is 0.250. The Labute approximate surface area is 129 Å². The zero-order chi connectivity index (χ0) is 15.2. The maximum absolute atomic E-state index is 12.4. The molecule has 0 aliphatic carbocycles. The van der Waals surface area contributed by atoms with Crippen molar-refractivity contribution in [3.05, 3.63) is 58.9 Å². The summed E-state index contributed by atoms with van der Waals surface area (Å²) in [5.41, 5.74) is 2.27. The highest BCUT2D eigenvalue weighted by atomic mass is 35.5. The van der Waals surface area contributed by atoms with E-state index < -0.39 is 0 Å². The molecule has 1 aromatic carbocycles. The molecule has 0 saturated carbocycles. The first-order valence-corrected chi connectivity index (χ1v) is 7.23. The summed E-state index contributed by atoms with van der Waals surface area (Å²) in [5.74, 6) is -0.162. The van der Waals surface area contributed by atoms with E-state index in [1.165, 1.54) is 0 Å². The fourth-order valence-electron chi connectivity index (χ4n) is 2.04. The maximum atomic E-state index is 12.4. The first kappa shape index (κ1) is 15.3. The van der Waals surface area contributed by atoms with Crippen LogP contribution in [-0.2, 0) is 0 Å². The molecule has 0 fully saturated rings. The van der Waals surface area contributed by atoms with Gasteiger partial charge in [-0.1, -0.05) is 17.7 Å². The Morgan fingerprint density at radius 2 is 2.19 bits per heavy atom. The summed E-state index contributed by atoms with van der Waals surface area (Å²) in [7, 11) is 0. The van der Waals surface area contributed by atoms with Crippen LogP contribution in [0.25, 0.3) is 0 Å².